The van der Waals surface area contributed by atoms with Gasteiger partial charge in [-0.25, -0.2) is 8.78 Å². The first-order chi connectivity index (χ1) is 12.1. The van der Waals surface area contributed by atoms with Crippen LogP contribution in [-0.4, -0.2) is 38.1 Å². The van der Waals surface area contributed by atoms with Gasteiger partial charge in [-0.1, -0.05) is 46.6 Å². The van der Waals surface area contributed by atoms with Crippen molar-refractivity contribution in [3.05, 3.63) is 35.4 Å². The number of hydrogen-bond donors (Lipinski definition) is 2. The van der Waals surface area contributed by atoms with Crippen LogP contribution >= 0.6 is 0 Å². The summed E-state index contributed by atoms with van der Waals surface area (Å²) in [6, 6.07) is 3.62. The van der Waals surface area contributed by atoms with Crippen LogP contribution in [0.3, 0.4) is 0 Å². The Hall–Kier alpha value is -1.04. The first-order valence-electron chi connectivity index (χ1n) is 9.59. The Balaban J connectivity index is 0. The van der Waals surface area contributed by atoms with Crippen LogP contribution in [0.5, 0.6) is 0 Å². The third-order valence-electron chi connectivity index (χ3n) is 3.55. The molecule has 0 saturated heterocycles. The summed E-state index contributed by atoms with van der Waals surface area (Å²) in [5, 5.41) is 3.21. The largest absolute Gasteiger partial charge is 0.326 e. The van der Waals surface area contributed by atoms with E-state index in [0.29, 0.717) is 5.56 Å². The number of unbranched alkanes of at least 4 members (excludes halogenated alkanes) is 2. The van der Waals surface area contributed by atoms with Gasteiger partial charge in [0.05, 0.1) is 0 Å². The van der Waals surface area contributed by atoms with Crippen LogP contribution < -0.4 is 11.1 Å². The lowest BCUT2D eigenvalue weighted by Crippen LogP contribution is -2.32. The Labute approximate surface area is 154 Å². The molecule has 0 aromatic heterocycles. The summed E-state index contributed by atoms with van der Waals surface area (Å²) in [4.78, 5) is 2.57. The second-order valence-corrected chi connectivity index (χ2v) is 5.60. The van der Waals surface area contributed by atoms with Gasteiger partial charge < -0.3 is 16.0 Å². The Morgan fingerprint density at radius 2 is 1.52 bits per heavy atom. The number of nitrogens with one attached hydrogen (secondary N) is 1. The molecule has 0 fully saturated rings. The van der Waals surface area contributed by atoms with Crippen LogP contribution in [0, 0.1) is 11.6 Å². The highest BCUT2D eigenvalue weighted by molar-refractivity contribution is 5.17. The van der Waals surface area contributed by atoms with Crippen molar-refractivity contribution in [1.29, 1.82) is 0 Å². The molecule has 1 rings (SSSR count). The molecule has 0 saturated carbocycles. The van der Waals surface area contributed by atoms with Gasteiger partial charge in [-0.15, -0.1) is 0 Å². The highest BCUT2D eigenvalue weighted by Gasteiger charge is 2.02. The van der Waals surface area contributed by atoms with Crippen molar-refractivity contribution in [2.45, 2.75) is 59.9 Å². The van der Waals surface area contributed by atoms with Gasteiger partial charge in [-0.05, 0) is 50.7 Å². The molecule has 0 aliphatic carbocycles. The molecule has 25 heavy (non-hydrogen) atoms. The molecule has 0 aliphatic rings. The average molecular weight is 360 g/mol. The lowest BCUT2D eigenvalue weighted by atomic mass is 10.2. The molecule has 3 nitrogen and oxygen atoms in total. The fraction of sp³-hybridized carbons (Fsp3) is 0.700. The molecule has 0 bridgehead atoms. The normalized spacial score (nSPS) is 9.96. The summed E-state index contributed by atoms with van der Waals surface area (Å²) in [6.45, 7) is 13.6. The minimum atomic E-state index is -0.844. The predicted molar refractivity (Wildman–Crippen MR) is 106 cm³/mol. The summed E-state index contributed by atoms with van der Waals surface area (Å²) < 4.78 is 24.6. The third kappa shape index (κ3) is 15.0. The van der Waals surface area contributed by atoms with Crippen LogP contribution in [0.2, 0.25) is 0 Å². The Kier molecular flexibility index (Phi) is 20.2. The van der Waals surface area contributed by atoms with E-state index in [9.17, 15) is 8.78 Å². The van der Waals surface area contributed by atoms with E-state index in [4.69, 9.17) is 5.73 Å². The minimum Gasteiger partial charge on any atom is -0.326 e. The number of halogens is 2. The van der Waals surface area contributed by atoms with Crippen molar-refractivity contribution in [2.75, 3.05) is 33.2 Å². The van der Waals surface area contributed by atoms with Crippen LogP contribution in [0.4, 0.5) is 8.78 Å². The van der Waals surface area contributed by atoms with Gasteiger partial charge in [0.1, 0.15) is 0 Å². The highest BCUT2D eigenvalue weighted by Crippen LogP contribution is 2.07. The van der Waals surface area contributed by atoms with E-state index < -0.39 is 11.6 Å². The number of nitrogens with zero attached hydrogens (tertiary/aromatic N) is 1. The zero-order valence-corrected chi connectivity index (χ0v) is 16.9. The molecule has 0 spiro atoms. The fourth-order valence-electron chi connectivity index (χ4n) is 2.04. The standard InChI is InChI=1S/C11H26N2.C7H7F2N.C2H6/c1-4-6-9-13(10-7-5-2)11-8-12-3;8-6-2-1-5(4-10)3-7(6)9;1-2/h12H,4-11H2,1-3H3;1-3H,4,10H2;1-2H3. The fourth-order valence-corrected chi connectivity index (χ4v) is 2.04. The molecular formula is C20H39F2N3. The molecule has 0 heterocycles. The maximum absolute atomic E-state index is 12.3. The number of benzene rings is 1. The lowest BCUT2D eigenvalue weighted by molar-refractivity contribution is 0.267. The Bertz CT molecular complexity index is 382. The topological polar surface area (TPSA) is 41.3 Å². The van der Waals surface area contributed by atoms with Crippen LogP contribution in [0.25, 0.3) is 0 Å². The Morgan fingerprint density at radius 1 is 0.960 bits per heavy atom. The summed E-state index contributed by atoms with van der Waals surface area (Å²) in [6.07, 6.45) is 5.30. The molecule has 1 aromatic rings. The van der Waals surface area contributed by atoms with E-state index in [1.165, 1.54) is 51.4 Å². The van der Waals surface area contributed by atoms with E-state index >= 15 is 0 Å². The van der Waals surface area contributed by atoms with Gasteiger partial charge in [0.25, 0.3) is 0 Å². The average Bonchev–Trinajstić information content (AvgIpc) is 2.65. The predicted octanol–water partition coefficient (Wildman–Crippen LogP) is 4.56. The minimum absolute atomic E-state index is 0.233. The molecule has 0 radical (unpaired) electrons. The molecule has 0 amide bonds. The summed E-state index contributed by atoms with van der Waals surface area (Å²) in [7, 11) is 2.03. The first kappa shape index (κ1) is 26.2. The summed E-state index contributed by atoms with van der Waals surface area (Å²) in [5.41, 5.74) is 5.78. The second kappa shape index (κ2) is 19.3. The lowest BCUT2D eigenvalue weighted by Gasteiger charge is -2.21. The zero-order valence-electron chi connectivity index (χ0n) is 16.9. The smallest absolute Gasteiger partial charge is 0.159 e. The molecule has 3 N–H and O–H groups in total. The maximum atomic E-state index is 12.3. The highest BCUT2D eigenvalue weighted by atomic mass is 19.2. The molecule has 0 unspecified atom stereocenters. The molecule has 148 valence electrons. The van der Waals surface area contributed by atoms with Crippen molar-refractivity contribution in [2.24, 2.45) is 5.73 Å². The third-order valence-corrected chi connectivity index (χ3v) is 3.55. The number of rotatable bonds is 10. The molecule has 0 aliphatic heterocycles. The van der Waals surface area contributed by atoms with E-state index in [1.54, 1.807) is 0 Å². The molecule has 0 atom stereocenters. The van der Waals surface area contributed by atoms with Gasteiger partial charge in [0.2, 0.25) is 0 Å². The van der Waals surface area contributed by atoms with Gasteiger partial charge >= 0.3 is 0 Å². The van der Waals surface area contributed by atoms with Crippen LogP contribution in [0.15, 0.2) is 18.2 Å². The van der Waals surface area contributed by atoms with Crippen molar-refractivity contribution in [3.63, 3.8) is 0 Å². The number of likely N-dealkylation sites (N-methyl/N-ethyl adjacent to an activating group) is 1. The van der Waals surface area contributed by atoms with Gasteiger partial charge in [0.15, 0.2) is 11.6 Å². The first-order valence-corrected chi connectivity index (χ1v) is 9.59. The van der Waals surface area contributed by atoms with Crippen LogP contribution in [-0.2, 0) is 6.54 Å². The number of hydrogen-bond acceptors (Lipinski definition) is 3. The van der Waals surface area contributed by atoms with Crippen LogP contribution in [0.1, 0.15) is 58.9 Å². The maximum Gasteiger partial charge on any atom is 0.159 e. The van der Waals surface area contributed by atoms with Gasteiger partial charge in [-0.2, -0.15) is 0 Å². The van der Waals surface area contributed by atoms with Crippen molar-refractivity contribution < 1.29 is 8.78 Å². The van der Waals surface area contributed by atoms with Crippen molar-refractivity contribution >= 4 is 0 Å². The Morgan fingerprint density at radius 3 is 1.92 bits per heavy atom. The van der Waals surface area contributed by atoms with Crippen molar-refractivity contribution in [3.8, 4) is 0 Å². The van der Waals surface area contributed by atoms with E-state index in [0.717, 1.165) is 18.7 Å². The quantitative estimate of drug-likeness (QED) is 0.643. The van der Waals surface area contributed by atoms with E-state index in [-0.39, 0.29) is 6.54 Å². The second-order valence-electron chi connectivity index (χ2n) is 5.60. The zero-order chi connectivity index (χ0) is 19.5. The van der Waals surface area contributed by atoms with Crippen molar-refractivity contribution in [1.82, 2.24) is 10.2 Å². The molecule has 5 heteroatoms. The molecule has 1 aromatic carbocycles. The summed E-state index contributed by atoms with van der Waals surface area (Å²) in [5.74, 6) is -1.68. The van der Waals surface area contributed by atoms with E-state index in [2.05, 4.69) is 24.1 Å². The molecular weight excluding hydrogens is 320 g/mol. The summed E-state index contributed by atoms with van der Waals surface area (Å²) >= 11 is 0. The van der Waals surface area contributed by atoms with Gasteiger partial charge in [0, 0.05) is 19.6 Å². The van der Waals surface area contributed by atoms with E-state index in [1.807, 2.05) is 20.9 Å². The SMILES string of the molecule is CC.CCCCN(CCCC)CCNC.NCc1ccc(F)c(F)c1. The number of nitrogens with two attached hydrogens (primary N) is 1. The van der Waals surface area contributed by atoms with Gasteiger partial charge in [-0.3, -0.25) is 0 Å². The monoisotopic (exact) mass is 359 g/mol.